The average Bonchev–Trinajstić information content (AvgIpc) is 3.20. The van der Waals surface area contributed by atoms with Crippen molar-refractivity contribution in [2.45, 2.75) is 56.1 Å². The third-order valence-corrected chi connectivity index (χ3v) is 7.28. The maximum atomic E-state index is 12.7. The second kappa shape index (κ2) is 6.15. The van der Waals surface area contributed by atoms with Gasteiger partial charge in [-0.05, 0) is 75.3 Å². The Bertz CT molecular complexity index is 777. The van der Waals surface area contributed by atoms with Crippen LogP contribution >= 0.6 is 11.8 Å². The van der Waals surface area contributed by atoms with Crippen molar-refractivity contribution in [3.63, 3.8) is 0 Å². The molecule has 1 amide bonds. The van der Waals surface area contributed by atoms with Crippen molar-refractivity contribution in [1.29, 1.82) is 0 Å². The molecule has 0 saturated heterocycles. The molecule has 7 heteroatoms. The topological polar surface area (TPSA) is 64.7 Å². The Morgan fingerprint density at radius 1 is 1.15 bits per heavy atom. The van der Waals surface area contributed by atoms with E-state index in [-0.39, 0.29) is 11.4 Å². The van der Waals surface area contributed by atoms with E-state index in [1.54, 1.807) is 0 Å². The standard InChI is InChI=1S/C19H25N5OS/c1-13-21-22-18(24(13)23-4-2-3-5-23)26-12-17(25)20-19-9-14-6-15(10-19)8-16(7-14)11-19/h2-5,14-16H,6-12H2,1H3,(H,20,25). The number of carbonyl (C=O) groups excluding carboxylic acids is 1. The molecule has 0 aromatic carbocycles. The van der Waals surface area contributed by atoms with Crippen molar-refractivity contribution >= 4 is 17.7 Å². The summed E-state index contributed by atoms with van der Waals surface area (Å²) in [6.07, 6.45) is 11.7. The fourth-order valence-corrected chi connectivity index (χ4v) is 6.66. The molecular weight excluding hydrogens is 346 g/mol. The summed E-state index contributed by atoms with van der Waals surface area (Å²) in [6, 6.07) is 3.93. The Morgan fingerprint density at radius 3 is 2.38 bits per heavy atom. The number of amides is 1. The average molecular weight is 372 g/mol. The summed E-state index contributed by atoms with van der Waals surface area (Å²) in [7, 11) is 0. The first-order chi connectivity index (χ1) is 12.6. The highest BCUT2D eigenvalue weighted by Crippen LogP contribution is 2.55. The van der Waals surface area contributed by atoms with Gasteiger partial charge in [-0.25, -0.2) is 4.68 Å². The van der Waals surface area contributed by atoms with Crippen molar-refractivity contribution in [1.82, 2.24) is 24.9 Å². The van der Waals surface area contributed by atoms with Gasteiger partial charge in [0.15, 0.2) is 5.82 Å². The third kappa shape index (κ3) is 2.86. The van der Waals surface area contributed by atoms with Crippen LogP contribution in [0.25, 0.3) is 0 Å². The molecule has 0 atom stereocenters. The van der Waals surface area contributed by atoms with Gasteiger partial charge in [0.25, 0.3) is 0 Å². The van der Waals surface area contributed by atoms with E-state index in [2.05, 4.69) is 15.5 Å². The van der Waals surface area contributed by atoms with Gasteiger partial charge in [0.1, 0.15) is 0 Å². The molecule has 2 aromatic rings. The SMILES string of the molecule is Cc1nnc(SCC(=O)NC23CC4CC(CC(C4)C2)C3)n1-n1cccc1. The molecule has 2 aromatic heterocycles. The van der Waals surface area contributed by atoms with E-state index in [1.165, 1.54) is 50.3 Å². The highest BCUT2D eigenvalue weighted by Gasteiger charge is 2.51. The summed E-state index contributed by atoms with van der Waals surface area (Å²) >= 11 is 1.46. The van der Waals surface area contributed by atoms with Crippen LogP contribution in [0.1, 0.15) is 44.3 Å². The minimum Gasteiger partial charge on any atom is -0.350 e. The van der Waals surface area contributed by atoms with E-state index < -0.39 is 0 Å². The van der Waals surface area contributed by atoms with Crippen LogP contribution in [0.15, 0.2) is 29.7 Å². The van der Waals surface area contributed by atoms with Crippen LogP contribution in [0.4, 0.5) is 0 Å². The molecule has 6 nitrogen and oxygen atoms in total. The molecule has 0 unspecified atom stereocenters. The molecule has 4 aliphatic rings. The summed E-state index contributed by atoms with van der Waals surface area (Å²) in [6.45, 7) is 1.92. The zero-order valence-electron chi connectivity index (χ0n) is 15.1. The summed E-state index contributed by atoms with van der Waals surface area (Å²) in [5.41, 5.74) is 0.0798. The summed E-state index contributed by atoms with van der Waals surface area (Å²) < 4.78 is 3.87. The molecule has 2 heterocycles. The second-order valence-corrected chi connectivity index (χ2v) is 9.38. The molecule has 6 rings (SSSR count). The second-order valence-electron chi connectivity index (χ2n) is 8.44. The van der Waals surface area contributed by atoms with E-state index in [9.17, 15) is 4.79 Å². The van der Waals surface area contributed by atoms with Crippen molar-refractivity contribution in [2.24, 2.45) is 17.8 Å². The normalized spacial score (nSPS) is 32.1. The zero-order valence-corrected chi connectivity index (χ0v) is 15.9. The van der Waals surface area contributed by atoms with Gasteiger partial charge in [-0.3, -0.25) is 9.47 Å². The van der Waals surface area contributed by atoms with E-state index in [0.717, 1.165) is 28.7 Å². The summed E-state index contributed by atoms with van der Waals surface area (Å²) in [5.74, 6) is 3.86. The Balaban J connectivity index is 1.25. The van der Waals surface area contributed by atoms with Crippen LogP contribution < -0.4 is 5.32 Å². The van der Waals surface area contributed by atoms with Crippen LogP contribution in [-0.2, 0) is 4.79 Å². The molecule has 4 fully saturated rings. The largest absolute Gasteiger partial charge is 0.350 e. The highest BCUT2D eigenvalue weighted by atomic mass is 32.2. The number of carbonyl (C=O) groups is 1. The van der Waals surface area contributed by atoms with E-state index in [0.29, 0.717) is 5.75 Å². The zero-order chi connectivity index (χ0) is 17.7. The molecule has 4 bridgehead atoms. The van der Waals surface area contributed by atoms with Gasteiger partial charge >= 0.3 is 0 Å². The van der Waals surface area contributed by atoms with E-state index >= 15 is 0 Å². The number of aromatic nitrogens is 4. The van der Waals surface area contributed by atoms with Gasteiger partial charge < -0.3 is 5.32 Å². The molecule has 1 N–H and O–H groups in total. The number of nitrogens with one attached hydrogen (secondary N) is 1. The highest BCUT2D eigenvalue weighted by molar-refractivity contribution is 7.99. The number of hydrogen-bond acceptors (Lipinski definition) is 4. The van der Waals surface area contributed by atoms with Crippen LogP contribution in [-0.4, -0.2) is 36.7 Å². The first-order valence-corrected chi connectivity index (χ1v) is 10.6. The van der Waals surface area contributed by atoms with Crippen LogP contribution in [0.2, 0.25) is 0 Å². The lowest BCUT2D eigenvalue weighted by Crippen LogP contribution is -2.60. The molecule has 26 heavy (non-hydrogen) atoms. The maximum Gasteiger partial charge on any atom is 0.230 e. The predicted molar refractivity (Wildman–Crippen MR) is 99.8 cm³/mol. The lowest BCUT2D eigenvalue weighted by Gasteiger charge is -2.56. The van der Waals surface area contributed by atoms with Crippen molar-refractivity contribution < 1.29 is 4.79 Å². The first kappa shape index (κ1) is 16.4. The first-order valence-electron chi connectivity index (χ1n) is 9.60. The number of hydrogen-bond donors (Lipinski definition) is 1. The molecule has 4 aliphatic carbocycles. The Kier molecular flexibility index (Phi) is 3.88. The van der Waals surface area contributed by atoms with Crippen molar-refractivity contribution in [3.8, 4) is 0 Å². The fourth-order valence-electron chi connectivity index (χ4n) is 5.88. The Labute approximate surface area is 157 Å². The number of thioether (sulfide) groups is 1. The Morgan fingerprint density at radius 2 is 1.77 bits per heavy atom. The van der Waals surface area contributed by atoms with Gasteiger partial charge in [-0.1, -0.05) is 11.8 Å². The van der Waals surface area contributed by atoms with Gasteiger partial charge in [0, 0.05) is 17.9 Å². The quantitative estimate of drug-likeness (QED) is 0.821. The minimum absolute atomic E-state index is 0.0798. The monoisotopic (exact) mass is 371 g/mol. The molecule has 0 spiro atoms. The summed E-state index contributed by atoms with van der Waals surface area (Å²) in [5, 5.41) is 12.6. The summed E-state index contributed by atoms with van der Waals surface area (Å²) in [4.78, 5) is 12.7. The smallest absolute Gasteiger partial charge is 0.230 e. The number of aryl methyl sites for hydroxylation is 1. The van der Waals surface area contributed by atoms with Crippen molar-refractivity contribution in [3.05, 3.63) is 30.4 Å². The van der Waals surface area contributed by atoms with Gasteiger partial charge in [-0.2, -0.15) is 0 Å². The molecule has 0 radical (unpaired) electrons. The van der Waals surface area contributed by atoms with E-state index in [1.807, 2.05) is 40.8 Å². The lowest BCUT2D eigenvalue weighted by atomic mass is 9.53. The Hall–Kier alpha value is -1.76. The van der Waals surface area contributed by atoms with Crippen LogP contribution in [0.3, 0.4) is 0 Å². The van der Waals surface area contributed by atoms with Crippen LogP contribution in [0.5, 0.6) is 0 Å². The van der Waals surface area contributed by atoms with Gasteiger partial charge in [0.05, 0.1) is 5.75 Å². The predicted octanol–water partition coefficient (Wildman–Crippen LogP) is 2.88. The molecule has 4 saturated carbocycles. The number of rotatable bonds is 5. The van der Waals surface area contributed by atoms with Gasteiger partial charge in [0.2, 0.25) is 11.1 Å². The molecule has 0 aliphatic heterocycles. The third-order valence-electron chi connectivity index (χ3n) is 6.36. The fraction of sp³-hybridized carbons (Fsp3) is 0.632. The van der Waals surface area contributed by atoms with Crippen LogP contribution in [0, 0.1) is 24.7 Å². The lowest BCUT2D eigenvalue weighted by molar-refractivity contribution is -0.124. The van der Waals surface area contributed by atoms with Gasteiger partial charge in [-0.15, -0.1) is 10.2 Å². The number of nitrogens with zero attached hydrogens (tertiary/aromatic N) is 4. The van der Waals surface area contributed by atoms with E-state index in [4.69, 9.17) is 0 Å². The minimum atomic E-state index is 0.0798. The molecular formula is C19H25N5OS. The maximum absolute atomic E-state index is 12.7. The van der Waals surface area contributed by atoms with Crippen molar-refractivity contribution in [2.75, 3.05) is 5.75 Å². The molecule has 138 valence electrons.